The molecule has 6 heteroatoms. The Morgan fingerprint density at radius 1 is 1.10 bits per heavy atom. The summed E-state index contributed by atoms with van der Waals surface area (Å²) in [6, 6.07) is 7.89. The van der Waals surface area contributed by atoms with Crippen molar-refractivity contribution in [3.05, 3.63) is 29.8 Å². The van der Waals surface area contributed by atoms with Gasteiger partial charge in [0.1, 0.15) is 5.75 Å². The normalized spacial score (nSPS) is 11.5. The van der Waals surface area contributed by atoms with Crippen molar-refractivity contribution in [2.45, 2.75) is 32.6 Å². The SMILES string of the molecule is CCCNS(=O)(=O)NCCCCc1ccccc1OC. The van der Waals surface area contributed by atoms with E-state index in [0.717, 1.165) is 37.0 Å². The van der Waals surface area contributed by atoms with Crippen LogP contribution in [0.15, 0.2) is 24.3 Å². The first kappa shape index (κ1) is 16.9. The van der Waals surface area contributed by atoms with Gasteiger partial charge in [0.05, 0.1) is 7.11 Å². The smallest absolute Gasteiger partial charge is 0.276 e. The van der Waals surface area contributed by atoms with Gasteiger partial charge in [-0.2, -0.15) is 8.42 Å². The maximum atomic E-state index is 11.5. The number of aryl methyl sites for hydroxylation is 1. The van der Waals surface area contributed by atoms with Crippen LogP contribution in [-0.4, -0.2) is 28.6 Å². The summed E-state index contributed by atoms with van der Waals surface area (Å²) in [7, 11) is -1.67. The Labute approximate surface area is 121 Å². The lowest BCUT2D eigenvalue weighted by atomic mass is 10.1. The fraction of sp³-hybridized carbons (Fsp3) is 0.571. The first-order chi connectivity index (χ1) is 9.59. The van der Waals surface area contributed by atoms with Gasteiger partial charge in [-0.1, -0.05) is 25.1 Å². The van der Waals surface area contributed by atoms with Gasteiger partial charge in [0.25, 0.3) is 10.2 Å². The fourth-order valence-electron chi connectivity index (χ4n) is 1.84. The summed E-state index contributed by atoms with van der Waals surface area (Å²) in [4.78, 5) is 0. The van der Waals surface area contributed by atoms with Gasteiger partial charge < -0.3 is 4.74 Å². The molecule has 1 rings (SSSR count). The van der Waals surface area contributed by atoms with Crippen LogP contribution in [0.1, 0.15) is 31.7 Å². The number of nitrogens with one attached hydrogen (secondary N) is 2. The highest BCUT2D eigenvalue weighted by Gasteiger charge is 2.07. The van der Waals surface area contributed by atoms with E-state index in [1.54, 1.807) is 7.11 Å². The molecule has 20 heavy (non-hydrogen) atoms. The van der Waals surface area contributed by atoms with Crippen LogP contribution in [0.3, 0.4) is 0 Å². The molecule has 2 N–H and O–H groups in total. The maximum absolute atomic E-state index is 11.5. The Bertz CT molecular complexity index is 489. The summed E-state index contributed by atoms with van der Waals surface area (Å²) >= 11 is 0. The molecular weight excluding hydrogens is 276 g/mol. The molecule has 114 valence electrons. The van der Waals surface area contributed by atoms with Crippen LogP contribution in [0.4, 0.5) is 0 Å². The molecule has 0 radical (unpaired) electrons. The number of hydrogen-bond donors (Lipinski definition) is 2. The van der Waals surface area contributed by atoms with E-state index < -0.39 is 10.2 Å². The summed E-state index contributed by atoms with van der Waals surface area (Å²) in [5.41, 5.74) is 1.15. The minimum atomic E-state index is -3.33. The van der Waals surface area contributed by atoms with E-state index in [1.165, 1.54) is 0 Å². The Hall–Kier alpha value is -1.11. The quantitative estimate of drug-likeness (QED) is 0.648. The molecular formula is C14H24N2O3S. The number of methoxy groups -OCH3 is 1. The van der Waals surface area contributed by atoms with Gasteiger partial charge in [-0.25, -0.2) is 9.44 Å². The summed E-state index contributed by atoms with van der Waals surface area (Å²) in [6.45, 7) is 2.85. The lowest BCUT2D eigenvalue weighted by molar-refractivity contribution is 0.409. The lowest BCUT2D eigenvalue weighted by Crippen LogP contribution is -2.37. The Kier molecular flexibility index (Phi) is 7.58. The van der Waals surface area contributed by atoms with E-state index in [2.05, 4.69) is 9.44 Å². The Morgan fingerprint density at radius 3 is 2.50 bits per heavy atom. The van der Waals surface area contributed by atoms with E-state index in [1.807, 2.05) is 31.2 Å². The molecule has 0 saturated heterocycles. The highest BCUT2D eigenvalue weighted by Crippen LogP contribution is 2.19. The summed E-state index contributed by atoms with van der Waals surface area (Å²) in [5, 5.41) is 0. The molecule has 0 aliphatic carbocycles. The standard InChI is InChI=1S/C14H24N2O3S/c1-3-11-15-20(17,18)16-12-7-6-9-13-8-4-5-10-14(13)19-2/h4-5,8,10,15-16H,3,6-7,9,11-12H2,1-2H3. The van der Waals surface area contributed by atoms with Gasteiger partial charge in [0, 0.05) is 13.1 Å². The van der Waals surface area contributed by atoms with E-state index in [-0.39, 0.29) is 0 Å². The van der Waals surface area contributed by atoms with E-state index in [0.29, 0.717) is 13.1 Å². The number of para-hydroxylation sites is 1. The molecule has 0 spiro atoms. The van der Waals surface area contributed by atoms with Crippen molar-refractivity contribution < 1.29 is 13.2 Å². The van der Waals surface area contributed by atoms with Gasteiger partial charge in [0.2, 0.25) is 0 Å². The van der Waals surface area contributed by atoms with Crippen LogP contribution in [0.2, 0.25) is 0 Å². The first-order valence-corrected chi connectivity index (χ1v) is 8.43. The topological polar surface area (TPSA) is 67.4 Å². The molecule has 0 fully saturated rings. The van der Waals surface area contributed by atoms with Crippen molar-refractivity contribution in [1.82, 2.24) is 9.44 Å². The molecule has 0 aliphatic heterocycles. The maximum Gasteiger partial charge on any atom is 0.276 e. The van der Waals surface area contributed by atoms with Crippen molar-refractivity contribution in [3.63, 3.8) is 0 Å². The highest BCUT2D eigenvalue weighted by molar-refractivity contribution is 7.87. The molecule has 0 bridgehead atoms. The van der Waals surface area contributed by atoms with Gasteiger partial charge in [0.15, 0.2) is 0 Å². The van der Waals surface area contributed by atoms with E-state index in [4.69, 9.17) is 4.74 Å². The van der Waals surface area contributed by atoms with Gasteiger partial charge in [-0.15, -0.1) is 0 Å². The monoisotopic (exact) mass is 300 g/mol. The second-order valence-corrected chi connectivity index (χ2v) is 6.15. The molecule has 0 unspecified atom stereocenters. The van der Waals surface area contributed by atoms with Crippen LogP contribution in [-0.2, 0) is 16.6 Å². The third-order valence-corrected chi connectivity index (χ3v) is 4.07. The minimum absolute atomic E-state index is 0.453. The summed E-state index contributed by atoms with van der Waals surface area (Å²) < 4.78 is 33.3. The van der Waals surface area contributed by atoms with Crippen LogP contribution in [0, 0.1) is 0 Å². The molecule has 0 aliphatic rings. The van der Waals surface area contributed by atoms with Crippen molar-refractivity contribution >= 4 is 10.2 Å². The van der Waals surface area contributed by atoms with Crippen molar-refractivity contribution in [2.24, 2.45) is 0 Å². The number of benzene rings is 1. The molecule has 1 aromatic rings. The van der Waals surface area contributed by atoms with Crippen LogP contribution in [0.25, 0.3) is 0 Å². The third-order valence-electron chi connectivity index (χ3n) is 2.90. The summed E-state index contributed by atoms with van der Waals surface area (Å²) in [5.74, 6) is 0.887. The Morgan fingerprint density at radius 2 is 1.80 bits per heavy atom. The zero-order valence-corrected chi connectivity index (χ0v) is 13.0. The van der Waals surface area contributed by atoms with E-state index >= 15 is 0 Å². The van der Waals surface area contributed by atoms with Crippen molar-refractivity contribution in [2.75, 3.05) is 20.2 Å². The third kappa shape index (κ3) is 6.36. The lowest BCUT2D eigenvalue weighted by Gasteiger charge is -2.09. The predicted octanol–water partition coefficient (Wildman–Crippen LogP) is 1.85. The number of ether oxygens (including phenoxy) is 1. The second-order valence-electron chi connectivity index (χ2n) is 4.56. The van der Waals surface area contributed by atoms with Gasteiger partial charge in [-0.05, 0) is 37.3 Å². The number of hydrogen-bond acceptors (Lipinski definition) is 3. The van der Waals surface area contributed by atoms with Gasteiger partial charge >= 0.3 is 0 Å². The zero-order valence-electron chi connectivity index (χ0n) is 12.2. The van der Waals surface area contributed by atoms with Crippen molar-refractivity contribution in [1.29, 1.82) is 0 Å². The largest absolute Gasteiger partial charge is 0.496 e. The van der Waals surface area contributed by atoms with E-state index in [9.17, 15) is 8.42 Å². The average Bonchev–Trinajstić information content (AvgIpc) is 2.45. The molecule has 1 aromatic carbocycles. The molecule has 0 atom stereocenters. The first-order valence-electron chi connectivity index (χ1n) is 6.95. The van der Waals surface area contributed by atoms with Gasteiger partial charge in [-0.3, -0.25) is 0 Å². The fourth-order valence-corrected chi connectivity index (χ4v) is 2.83. The molecule has 0 heterocycles. The molecule has 5 nitrogen and oxygen atoms in total. The van der Waals surface area contributed by atoms with Crippen LogP contribution >= 0.6 is 0 Å². The second kappa shape index (κ2) is 8.94. The van der Waals surface area contributed by atoms with Crippen LogP contribution in [0.5, 0.6) is 5.75 Å². The predicted molar refractivity (Wildman–Crippen MR) is 81.1 cm³/mol. The zero-order chi connectivity index (χ0) is 14.8. The minimum Gasteiger partial charge on any atom is -0.496 e. The molecule has 0 amide bonds. The van der Waals surface area contributed by atoms with Crippen LogP contribution < -0.4 is 14.2 Å². The van der Waals surface area contributed by atoms with Crippen molar-refractivity contribution in [3.8, 4) is 5.75 Å². The Balaban J connectivity index is 2.25. The number of rotatable bonds is 10. The number of unbranched alkanes of at least 4 members (excludes halogenated alkanes) is 1. The molecule has 0 saturated carbocycles. The highest BCUT2D eigenvalue weighted by atomic mass is 32.2. The molecule has 0 aromatic heterocycles. The summed E-state index contributed by atoms with van der Waals surface area (Å²) in [6.07, 6.45) is 3.38. The average molecular weight is 300 g/mol.